The van der Waals surface area contributed by atoms with Gasteiger partial charge in [-0.05, 0) is 57.0 Å². The number of nitrogens with one attached hydrogen (secondary N) is 1. The lowest BCUT2D eigenvalue weighted by molar-refractivity contribution is 0.102. The van der Waals surface area contributed by atoms with Gasteiger partial charge in [0, 0.05) is 37.6 Å². The largest absolute Gasteiger partial charge is 0.372 e. The van der Waals surface area contributed by atoms with Crippen LogP contribution in [0.2, 0.25) is 0 Å². The van der Waals surface area contributed by atoms with Crippen LogP contribution in [0, 0.1) is 0 Å². The van der Waals surface area contributed by atoms with E-state index in [1.807, 2.05) is 25.2 Å². The van der Waals surface area contributed by atoms with E-state index in [2.05, 4.69) is 24.1 Å². The SMILES string of the molecule is CC(C)N(C)c1cccc(NC(=O)c2ccccc2S(=O)(=O)N2CCCCC2)c1. The van der Waals surface area contributed by atoms with Crippen LogP contribution < -0.4 is 10.2 Å². The van der Waals surface area contributed by atoms with Gasteiger partial charge in [-0.2, -0.15) is 4.31 Å². The molecule has 1 heterocycles. The van der Waals surface area contributed by atoms with Crippen LogP contribution in [0.15, 0.2) is 53.4 Å². The van der Waals surface area contributed by atoms with Crippen molar-refractivity contribution in [3.05, 3.63) is 54.1 Å². The molecule has 0 unspecified atom stereocenters. The predicted octanol–water partition coefficient (Wildman–Crippen LogP) is 3.96. The number of anilines is 2. The van der Waals surface area contributed by atoms with Gasteiger partial charge in [-0.1, -0.05) is 24.6 Å². The Hall–Kier alpha value is -2.38. The second kappa shape index (κ2) is 8.97. The summed E-state index contributed by atoms with van der Waals surface area (Å²) in [5, 5.41) is 2.86. The van der Waals surface area contributed by atoms with Crippen molar-refractivity contribution in [1.82, 2.24) is 4.31 Å². The molecule has 1 aliphatic heterocycles. The Balaban J connectivity index is 1.87. The molecule has 0 aromatic heterocycles. The molecule has 1 fully saturated rings. The molecule has 7 heteroatoms. The molecule has 3 rings (SSSR count). The predicted molar refractivity (Wildman–Crippen MR) is 117 cm³/mol. The first-order valence-electron chi connectivity index (χ1n) is 10.0. The van der Waals surface area contributed by atoms with Crippen molar-refractivity contribution in [2.75, 3.05) is 30.4 Å². The number of carbonyl (C=O) groups is 1. The van der Waals surface area contributed by atoms with E-state index >= 15 is 0 Å². The lowest BCUT2D eigenvalue weighted by atomic mass is 10.2. The summed E-state index contributed by atoms with van der Waals surface area (Å²) in [6, 6.07) is 14.3. The second-order valence-corrected chi connectivity index (χ2v) is 9.58. The van der Waals surface area contributed by atoms with Crippen molar-refractivity contribution in [2.45, 2.75) is 44.0 Å². The fourth-order valence-electron chi connectivity index (χ4n) is 3.42. The highest BCUT2D eigenvalue weighted by Crippen LogP contribution is 2.25. The molecule has 1 amide bonds. The van der Waals surface area contributed by atoms with Crippen molar-refractivity contribution in [1.29, 1.82) is 0 Å². The second-order valence-electron chi connectivity index (χ2n) is 7.67. The third kappa shape index (κ3) is 4.79. The lowest BCUT2D eigenvalue weighted by Gasteiger charge is -2.26. The molecule has 1 aliphatic rings. The monoisotopic (exact) mass is 415 g/mol. The number of benzene rings is 2. The summed E-state index contributed by atoms with van der Waals surface area (Å²) in [5.74, 6) is -0.425. The van der Waals surface area contributed by atoms with Gasteiger partial charge in [-0.15, -0.1) is 0 Å². The molecule has 29 heavy (non-hydrogen) atoms. The molecule has 6 nitrogen and oxygen atoms in total. The standard InChI is InChI=1S/C22H29N3O3S/c1-17(2)24(3)19-11-9-10-18(16-19)23-22(26)20-12-5-6-13-21(20)29(27,28)25-14-7-4-8-15-25/h5-6,9-13,16-17H,4,7-8,14-15H2,1-3H3,(H,23,26). The topological polar surface area (TPSA) is 69.7 Å². The van der Waals surface area contributed by atoms with Gasteiger partial charge in [0.25, 0.3) is 5.91 Å². The summed E-state index contributed by atoms with van der Waals surface area (Å²) in [5.41, 5.74) is 1.78. The highest BCUT2D eigenvalue weighted by Gasteiger charge is 2.29. The number of rotatable bonds is 6. The van der Waals surface area contributed by atoms with Crippen LogP contribution in [-0.2, 0) is 10.0 Å². The molecule has 1 saturated heterocycles. The van der Waals surface area contributed by atoms with Gasteiger partial charge in [0.1, 0.15) is 0 Å². The van der Waals surface area contributed by atoms with Crippen molar-refractivity contribution < 1.29 is 13.2 Å². The van der Waals surface area contributed by atoms with Crippen LogP contribution in [0.4, 0.5) is 11.4 Å². The Kier molecular flexibility index (Phi) is 6.59. The lowest BCUT2D eigenvalue weighted by Crippen LogP contribution is -2.36. The Labute approximate surface area is 173 Å². The zero-order valence-corrected chi connectivity index (χ0v) is 18.1. The number of piperidine rings is 1. The summed E-state index contributed by atoms with van der Waals surface area (Å²) >= 11 is 0. The van der Waals surface area contributed by atoms with Crippen LogP contribution in [0.5, 0.6) is 0 Å². The fourth-order valence-corrected chi connectivity index (χ4v) is 5.13. The molecule has 1 N–H and O–H groups in total. The minimum absolute atomic E-state index is 0.0647. The summed E-state index contributed by atoms with van der Waals surface area (Å²) in [4.78, 5) is 15.1. The molecular formula is C22H29N3O3S. The van der Waals surface area contributed by atoms with Crippen molar-refractivity contribution in [2.24, 2.45) is 0 Å². The molecule has 0 bridgehead atoms. The molecule has 2 aromatic carbocycles. The number of amides is 1. The zero-order chi connectivity index (χ0) is 21.0. The van der Waals surface area contributed by atoms with Crippen molar-refractivity contribution in [3.8, 4) is 0 Å². The van der Waals surface area contributed by atoms with Gasteiger partial charge >= 0.3 is 0 Å². The quantitative estimate of drug-likeness (QED) is 0.775. The fraction of sp³-hybridized carbons (Fsp3) is 0.409. The van der Waals surface area contributed by atoms with Gasteiger partial charge in [-0.25, -0.2) is 8.42 Å². The van der Waals surface area contributed by atoms with Crippen LogP contribution in [0.1, 0.15) is 43.5 Å². The Morgan fingerprint density at radius 3 is 2.41 bits per heavy atom. The maximum atomic E-state index is 13.1. The summed E-state index contributed by atoms with van der Waals surface area (Å²) in [6.45, 7) is 5.18. The highest BCUT2D eigenvalue weighted by atomic mass is 32.2. The number of sulfonamides is 1. The number of carbonyl (C=O) groups excluding carboxylic acids is 1. The number of hydrogen-bond acceptors (Lipinski definition) is 4. The first-order valence-corrected chi connectivity index (χ1v) is 11.5. The van der Waals surface area contributed by atoms with E-state index < -0.39 is 15.9 Å². The average molecular weight is 416 g/mol. The highest BCUT2D eigenvalue weighted by molar-refractivity contribution is 7.89. The number of hydrogen-bond donors (Lipinski definition) is 1. The molecule has 0 aliphatic carbocycles. The van der Waals surface area contributed by atoms with Crippen molar-refractivity contribution >= 4 is 27.3 Å². The molecule has 0 radical (unpaired) electrons. The van der Waals surface area contributed by atoms with E-state index in [1.54, 1.807) is 24.3 Å². The first kappa shape index (κ1) is 21.3. The van der Waals surface area contributed by atoms with Gasteiger partial charge in [0.15, 0.2) is 0 Å². The summed E-state index contributed by atoms with van der Waals surface area (Å²) in [7, 11) is -1.71. The molecule has 0 spiro atoms. The molecule has 0 saturated carbocycles. The molecule has 0 atom stereocenters. The van der Waals surface area contributed by atoms with E-state index in [0.29, 0.717) is 24.8 Å². The summed E-state index contributed by atoms with van der Waals surface area (Å²) < 4.78 is 27.7. The van der Waals surface area contributed by atoms with E-state index in [-0.39, 0.29) is 10.5 Å². The van der Waals surface area contributed by atoms with Crippen LogP contribution in [0.3, 0.4) is 0 Å². The third-order valence-electron chi connectivity index (χ3n) is 5.35. The van der Waals surface area contributed by atoms with Crippen LogP contribution in [-0.4, -0.2) is 44.8 Å². The van der Waals surface area contributed by atoms with Crippen molar-refractivity contribution in [3.63, 3.8) is 0 Å². The molecule has 2 aromatic rings. The van der Waals surface area contributed by atoms with E-state index in [9.17, 15) is 13.2 Å². The smallest absolute Gasteiger partial charge is 0.257 e. The molecule has 156 valence electrons. The van der Waals surface area contributed by atoms with E-state index in [0.717, 1.165) is 24.9 Å². The average Bonchev–Trinajstić information content (AvgIpc) is 2.74. The summed E-state index contributed by atoms with van der Waals surface area (Å²) in [6.07, 6.45) is 2.74. The normalized spacial score (nSPS) is 15.3. The Morgan fingerprint density at radius 1 is 1.03 bits per heavy atom. The van der Waals surface area contributed by atoms with E-state index in [4.69, 9.17) is 0 Å². The maximum absolute atomic E-state index is 13.1. The molecular weight excluding hydrogens is 386 g/mol. The first-order chi connectivity index (χ1) is 13.8. The van der Waals surface area contributed by atoms with Gasteiger partial charge in [-0.3, -0.25) is 4.79 Å². The third-order valence-corrected chi connectivity index (χ3v) is 7.31. The van der Waals surface area contributed by atoms with Gasteiger partial charge in [0.2, 0.25) is 10.0 Å². The van der Waals surface area contributed by atoms with Crippen LogP contribution >= 0.6 is 0 Å². The van der Waals surface area contributed by atoms with Crippen LogP contribution in [0.25, 0.3) is 0 Å². The van der Waals surface area contributed by atoms with Gasteiger partial charge < -0.3 is 10.2 Å². The number of nitrogens with zero attached hydrogens (tertiary/aromatic N) is 2. The van der Waals surface area contributed by atoms with Gasteiger partial charge in [0.05, 0.1) is 10.5 Å². The Morgan fingerprint density at radius 2 is 1.72 bits per heavy atom. The van der Waals surface area contributed by atoms with E-state index in [1.165, 1.54) is 10.4 Å². The minimum Gasteiger partial charge on any atom is -0.372 e. The zero-order valence-electron chi connectivity index (χ0n) is 17.3. The minimum atomic E-state index is -3.70. The Bertz CT molecular complexity index is 967. The maximum Gasteiger partial charge on any atom is 0.257 e.